The lowest BCUT2D eigenvalue weighted by Gasteiger charge is -2.24. The predicted molar refractivity (Wildman–Crippen MR) is 60.4 cm³/mol. The largest absolute Gasteiger partial charge is 0.396 e. The molecule has 0 saturated carbocycles. The van der Waals surface area contributed by atoms with Gasteiger partial charge in [-0.2, -0.15) is 0 Å². The molecule has 0 radical (unpaired) electrons. The molecule has 1 atom stereocenters. The van der Waals surface area contributed by atoms with Crippen LogP contribution in [0.5, 0.6) is 0 Å². The van der Waals surface area contributed by atoms with Crippen molar-refractivity contribution in [1.29, 1.82) is 0 Å². The van der Waals surface area contributed by atoms with Crippen molar-refractivity contribution in [3.05, 3.63) is 0 Å². The predicted octanol–water partition coefficient (Wildman–Crippen LogP) is 2.27. The standard InChI is InChI=1S/C12H25NO/c1-2-7-12(11-14)10-13-8-5-3-4-6-9-13/h12,14H,2-11H2,1H3. The summed E-state index contributed by atoms with van der Waals surface area (Å²) in [7, 11) is 0. The molecular formula is C12H25NO. The number of hydrogen-bond donors (Lipinski definition) is 1. The van der Waals surface area contributed by atoms with E-state index in [-0.39, 0.29) is 0 Å². The zero-order valence-corrected chi connectivity index (χ0v) is 9.54. The summed E-state index contributed by atoms with van der Waals surface area (Å²) in [4.78, 5) is 2.55. The lowest BCUT2D eigenvalue weighted by molar-refractivity contribution is 0.158. The summed E-state index contributed by atoms with van der Waals surface area (Å²) in [5, 5.41) is 9.23. The molecule has 0 bridgehead atoms. The van der Waals surface area contributed by atoms with Crippen molar-refractivity contribution < 1.29 is 5.11 Å². The van der Waals surface area contributed by atoms with E-state index in [1.54, 1.807) is 0 Å². The molecule has 1 N–H and O–H groups in total. The Morgan fingerprint density at radius 1 is 1.14 bits per heavy atom. The Balaban J connectivity index is 2.24. The van der Waals surface area contributed by atoms with Gasteiger partial charge in [0.05, 0.1) is 0 Å². The number of likely N-dealkylation sites (tertiary alicyclic amines) is 1. The number of aliphatic hydroxyl groups excluding tert-OH is 1. The normalized spacial score (nSPS) is 21.9. The molecule has 0 spiro atoms. The van der Waals surface area contributed by atoms with Gasteiger partial charge in [0.15, 0.2) is 0 Å². The SMILES string of the molecule is CCCC(CO)CN1CCCCCC1. The Morgan fingerprint density at radius 3 is 2.29 bits per heavy atom. The maximum absolute atomic E-state index is 9.23. The van der Waals surface area contributed by atoms with Crippen molar-refractivity contribution in [2.45, 2.75) is 45.4 Å². The molecule has 2 nitrogen and oxygen atoms in total. The van der Waals surface area contributed by atoms with E-state index < -0.39 is 0 Å². The van der Waals surface area contributed by atoms with Gasteiger partial charge in [0.2, 0.25) is 0 Å². The molecule has 1 rings (SSSR count). The molecule has 1 fully saturated rings. The van der Waals surface area contributed by atoms with E-state index in [4.69, 9.17) is 0 Å². The second-order valence-electron chi connectivity index (χ2n) is 4.55. The molecule has 0 aromatic rings. The van der Waals surface area contributed by atoms with Crippen LogP contribution in [0.25, 0.3) is 0 Å². The second-order valence-corrected chi connectivity index (χ2v) is 4.55. The minimum Gasteiger partial charge on any atom is -0.396 e. The summed E-state index contributed by atoms with van der Waals surface area (Å²) >= 11 is 0. The summed E-state index contributed by atoms with van der Waals surface area (Å²) in [6, 6.07) is 0. The zero-order chi connectivity index (χ0) is 10.2. The molecule has 1 aliphatic heterocycles. The third-order valence-electron chi connectivity index (χ3n) is 3.17. The van der Waals surface area contributed by atoms with Crippen LogP contribution in [0.3, 0.4) is 0 Å². The van der Waals surface area contributed by atoms with E-state index in [1.807, 2.05) is 0 Å². The highest BCUT2D eigenvalue weighted by molar-refractivity contribution is 4.68. The van der Waals surface area contributed by atoms with E-state index in [9.17, 15) is 5.11 Å². The molecule has 1 aliphatic rings. The number of rotatable bonds is 5. The van der Waals surface area contributed by atoms with Crippen molar-refractivity contribution in [2.75, 3.05) is 26.2 Å². The van der Waals surface area contributed by atoms with Crippen molar-refractivity contribution in [1.82, 2.24) is 4.90 Å². The summed E-state index contributed by atoms with van der Waals surface area (Å²) < 4.78 is 0. The Bertz CT molecular complexity index is 130. The van der Waals surface area contributed by atoms with Gasteiger partial charge in [0.1, 0.15) is 0 Å². The number of nitrogens with zero attached hydrogens (tertiary/aromatic N) is 1. The first kappa shape index (κ1) is 12.0. The molecular weight excluding hydrogens is 174 g/mol. The first-order chi connectivity index (χ1) is 6.86. The molecule has 0 aromatic carbocycles. The van der Waals surface area contributed by atoms with Gasteiger partial charge in [0.25, 0.3) is 0 Å². The fourth-order valence-corrected chi connectivity index (χ4v) is 2.33. The smallest absolute Gasteiger partial charge is 0.0471 e. The van der Waals surface area contributed by atoms with Crippen molar-refractivity contribution >= 4 is 0 Å². The second kappa shape index (κ2) is 7.24. The topological polar surface area (TPSA) is 23.5 Å². The summed E-state index contributed by atoms with van der Waals surface area (Å²) in [6.07, 6.45) is 7.86. The highest BCUT2D eigenvalue weighted by atomic mass is 16.3. The van der Waals surface area contributed by atoms with E-state index in [2.05, 4.69) is 11.8 Å². The van der Waals surface area contributed by atoms with E-state index in [0.29, 0.717) is 12.5 Å². The third kappa shape index (κ3) is 4.43. The van der Waals surface area contributed by atoms with Crippen LogP contribution in [0.1, 0.15) is 45.4 Å². The fraction of sp³-hybridized carbons (Fsp3) is 1.00. The van der Waals surface area contributed by atoms with Gasteiger partial charge < -0.3 is 10.0 Å². The molecule has 1 unspecified atom stereocenters. The molecule has 0 aromatic heterocycles. The summed E-state index contributed by atoms with van der Waals surface area (Å²) in [5.41, 5.74) is 0. The van der Waals surface area contributed by atoms with Crippen LogP contribution >= 0.6 is 0 Å². The average molecular weight is 199 g/mol. The fourth-order valence-electron chi connectivity index (χ4n) is 2.33. The minimum atomic E-state index is 0.365. The monoisotopic (exact) mass is 199 g/mol. The minimum absolute atomic E-state index is 0.365. The van der Waals surface area contributed by atoms with Gasteiger partial charge in [-0.15, -0.1) is 0 Å². The Kier molecular flexibility index (Phi) is 6.20. The molecule has 84 valence electrons. The maximum atomic E-state index is 9.23. The Morgan fingerprint density at radius 2 is 1.79 bits per heavy atom. The summed E-state index contributed by atoms with van der Waals surface area (Å²) in [6.45, 7) is 6.18. The lowest BCUT2D eigenvalue weighted by atomic mass is 10.0. The van der Waals surface area contributed by atoms with Gasteiger partial charge in [0, 0.05) is 13.2 Å². The van der Waals surface area contributed by atoms with Crippen LogP contribution in [0.2, 0.25) is 0 Å². The van der Waals surface area contributed by atoms with Gasteiger partial charge in [-0.05, 0) is 38.3 Å². The first-order valence-corrected chi connectivity index (χ1v) is 6.20. The molecule has 1 saturated heterocycles. The number of aliphatic hydroxyl groups is 1. The van der Waals surface area contributed by atoms with Crippen LogP contribution < -0.4 is 0 Å². The van der Waals surface area contributed by atoms with Crippen molar-refractivity contribution in [3.8, 4) is 0 Å². The van der Waals surface area contributed by atoms with Gasteiger partial charge in [-0.1, -0.05) is 26.2 Å². The quantitative estimate of drug-likeness (QED) is 0.734. The molecule has 1 heterocycles. The lowest BCUT2D eigenvalue weighted by Crippen LogP contribution is -2.31. The molecule has 14 heavy (non-hydrogen) atoms. The maximum Gasteiger partial charge on any atom is 0.0471 e. The molecule has 0 amide bonds. The zero-order valence-electron chi connectivity index (χ0n) is 9.54. The van der Waals surface area contributed by atoms with Crippen LogP contribution in [0.4, 0.5) is 0 Å². The van der Waals surface area contributed by atoms with E-state index in [0.717, 1.165) is 6.54 Å². The number of hydrogen-bond acceptors (Lipinski definition) is 2. The van der Waals surface area contributed by atoms with E-state index >= 15 is 0 Å². The Hall–Kier alpha value is -0.0800. The van der Waals surface area contributed by atoms with Gasteiger partial charge in [-0.25, -0.2) is 0 Å². The van der Waals surface area contributed by atoms with Crippen LogP contribution in [0.15, 0.2) is 0 Å². The summed E-state index contributed by atoms with van der Waals surface area (Å²) in [5.74, 6) is 0.512. The van der Waals surface area contributed by atoms with Crippen molar-refractivity contribution in [3.63, 3.8) is 0 Å². The average Bonchev–Trinajstić information content (AvgIpc) is 2.45. The van der Waals surface area contributed by atoms with E-state index in [1.165, 1.54) is 51.6 Å². The van der Waals surface area contributed by atoms with Crippen molar-refractivity contribution in [2.24, 2.45) is 5.92 Å². The van der Waals surface area contributed by atoms with Gasteiger partial charge in [-0.3, -0.25) is 0 Å². The third-order valence-corrected chi connectivity index (χ3v) is 3.17. The van der Waals surface area contributed by atoms with Gasteiger partial charge >= 0.3 is 0 Å². The Labute approximate surface area is 88.3 Å². The molecule has 0 aliphatic carbocycles. The van der Waals surface area contributed by atoms with Crippen LogP contribution in [-0.2, 0) is 0 Å². The highest BCUT2D eigenvalue weighted by Gasteiger charge is 2.14. The van der Waals surface area contributed by atoms with Crippen LogP contribution in [-0.4, -0.2) is 36.2 Å². The first-order valence-electron chi connectivity index (χ1n) is 6.20. The van der Waals surface area contributed by atoms with Crippen LogP contribution in [0, 0.1) is 5.92 Å². The highest BCUT2D eigenvalue weighted by Crippen LogP contribution is 2.13. The molecule has 2 heteroatoms.